The molecule has 0 aliphatic carbocycles. The summed E-state index contributed by atoms with van der Waals surface area (Å²) in [6.45, 7) is 10.7. The highest BCUT2D eigenvalue weighted by molar-refractivity contribution is 5.83. The predicted octanol–water partition coefficient (Wildman–Crippen LogP) is 3.50. The highest BCUT2D eigenvalue weighted by Gasteiger charge is 2.32. The second-order valence-electron chi connectivity index (χ2n) is 10.2. The number of nitrogens with zero attached hydrogens (tertiary/aromatic N) is 4. The van der Waals surface area contributed by atoms with Crippen molar-refractivity contribution in [1.29, 1.82) is 0 Å². The number of aromatic amines is 1. The molecule has 2 aliphatic heterocycles. The quantitative estimate of drug-likeness (QED) is 0.603. The van der Waals surface area contributed by atoms with E-state index in [1.807, 2.05) is 39.0 Å². The molecule has 184 valence electrons. The molecule has 0 unspecified atom stereocenters. The lowest BCUT2D eigenvalue weighted by Gasteiger charge is -2.38. The van der Waals surface area contributed by atoms with Crippen molar-refractivity contribution in [2.24, 2.45) is 0 Å². The van der Waals surface area contributed by atoms with E-state index in [-0.39, 0.29) is 17.7 Å². The molecule has 0 spiro atoms. The van der Waals surface area contributed by atoms with Crippen molar-refractivity contribution in [2.75, 3.05) is 31.2 Å². The molecule has 1 N–H and O–H groups in total. The Morgan fingerprint density at radius 1 is 1.17 bits per heavy atom. The summed E-state index contributed by atoms with van der Waals surface area (Å²) in [4.78, 5) is 41.3. The first-order valence-electron chi connectivity index (χ1n) is 12.0. The fraction of sp³-hybridized carbons (Fsp3) is 0.462. The molecule has 2 aliphatic rings. The molecule has 2 aromatic heterocycles. The number of morpholine rings is 1. The van der Waals surface area contributed by atoms with Crippen LogP contribution in [0.1, 0.15) is 39.0 Å². The van der Waals surface area contributed by atoms with Gasteiger partial charge in [0.15, 0.2) is 5.82 Å². The van der Waals surface area contributed by atoms with Crippen molar-refractivity contribution in [3.63, 3.8) is 0 Å². The van der Waals surface area contributed by atoms with Crippen LogP contribution in [0.2, 0.25) is 0 Å². The minimum atomic E-state index is -0.561. The van der Waals surface area contributed by atoms with Crippen LogP contribution in [0.15, 0.2) is 35.1 Å². The maximum absolute atomic E-state index is 12.8. The molecule has 0 saturated carbocycles. The number of benzene rings is 1. The van der Waals surface area contributed by atoms with Crippen molar-refractivity contribution < 1.29 is 14.3 Å². The number of H-pyrrole nitrogens is 1. The Balaban J connectivity index is 1.57. The zero-order valence-corrected chi connectivity index (χ0v) is 20.6. The van der Waals surface area contributed by atoms with Crippen LogP contribution in [0.3, 0.4) is 0 Å². The van der Waals surface area contributed by atoms with E-state index in [1.54, 1.807) is 11.0 Å². The van der Waals surface area contributed by atoms with Crippen LogP contribution in [-0.4, -0.2) is 63.9 Å². The lowest BCUT2D eigenvalue weighted by Crippen LogP contribution is -2.46. The zero-order chi connectivity index (χ0) is 24.7. The SMILES string of the molecule is C[C@H]1COCCN1c1nc(-c2ccc3[nH]c(=O)ccc3c2)nc2c1CCN(C(=O)OC(C)(C)C)C2. The third kappa shape index (κ3) is 4.86. The van der Waals surface area contributed by atoms with Gasteiger partial charge in [-0.05, 0) is 63.8 Å². The average Bonchev–Trinajstić information content (AvgIpc) is 2.82. The molecule has 0 bridgehead atoms. The summed E-state index contributed by atoms with van der Waals surface area (Å²) in [5.74, 6) is 1.50. The van der Waals surface area contributed by atoms with Gasteiger partial charge in [0.05, 0.1) is 31.5 Å². The lowest BCUT2D eigenvalue weighted by molar-refractivity contribution is 0.0220. The van der Waals surface area contributed by atoms with Gasteiger partial charge in [-0.25, -0.2) is 14.8 Å². The number of rotatable bonds is 2. The molecule has 35 heavy (non-hydrogen) atoms. The number of amides is 1. The van der Waals surface area contributed by atoms with Crippen LogP contribution in [0, 0.1) is 0 Å². The fourth-order valence-corrected chi connectivity index (χ4v) is 4.59. The molecule has 1 atom stereocenters. The first kappa shape index (κ1) is 23.3. The third-order valence-electron chi connectivity index (χ3n) is 6.32. The first-order chi connectivity index (χ1) is 16.7. The summed E-state index contributed by atoms with van der Waals surface area (Å²) in [5.41, 5.74) is 2.83. The minimum Gasteiger partial charge on any atom is -0.444 e. The summed E-state index contributed by atoms with van der Waals surface area (Å²) >= 11 is 0. The van der Waals surface area contributed by atoms with Crippen LogP contribution in [0.25, 0.3) is 22.3 Å². The Morgan fingerprint density at radius 2 is 2.00 bits per heavy atom. The molecule has 1 amide bonds. The number of hydrogen-bond donors (Lipinski definition) is 1. The van der Waals surface area contributed by atoms with Gasteiger partial charge in [-0.15, -0.1) is 0 Å². The Kier molecular flexibility index (Phi) is 5.96. The maximum atomic E-state index is 12.8. The molecule has 1 saturated heterocycles. The monoisotopic (exact) mass is 477 g/mol. The Hall–Kier alpha value is -3.46. The molecular formula is C26H31N5O4. The van der Waals surface area contributed by atoms with Crippen molar-refractivity contribution in [3.8, 4) is 11.4 Å². The topological polar surface area (TPSA) is 101 Å². The van der Waals surface area contributed by atoms with E-state index in [0.29, 0.717) is 38.5 Å². The van der Waals surface area contributed by atoms with Crippen LogP contribution in [-0.2, 0) is 22.4 Å². The van der Waals surface area contributed by atoms with E-state index in [1.165, 1.54) is 6.07 Å². The molecule has 1 fully saturated rings. The number of aromatic nitrogens is 3. The number of fused-ring (bicyclic) bond motifs is 2. The highest BCUT2D eigenvalue weighted by atomic mass is 16.6. The van der Waals surface area contributed by atoms with Gasteiger partial charge in [-0.2, -0.15) is 0 Å². The van der Waals surface area contributed by atoms with Gasteiger partial charge in [0.2, 0.25) is 5.56 Å². The van der Waals surface area contributed by atoms with Crippen LogP contribution >= 0.6 is 0 Å². The number of carbonyl (C=O) groups excluding carboxylic acids is 1. The van der Waals surface area contributed by atoms with E-state index in [4.69, 9.17) is 19.4 Å². The third-order valence-corrected chi connectivity index (χ3v) is 6.32. The normalized spacial score (nSPS) is 18.5. The van der Waals surface area contributed by atoms with Gasteiger partial charge in [0.1, 0.15) is 11.4 Å². The minimum absolute atomic E-state index is 0.138. The van der Waals surface area contributed by atoms with Crippen LogP contribution in [0.4, 0.5) is 10.6 Å². The van der Waals surface area contributed by atoms with Crippen molar-refractivity contribution in [1.82, 2.24) is 19.9 Å². The van der Waals surface area contributed by atoms with Gasteiger partial charge in [-0.1, -0.05) is 0 Å². The molecule has 5 rings (SSSR count). The second kappa shape index (κ2) is 8.96. The largest absolute Gasteiger partial charge is 0.444 e. The van der Waals surface area contributed by atoms with Gasteiger partial charge in [-0.3, -0.25) is 4.79 Å². The number of anilines is 1. The number of carbonyl (C=O) groups is 1. The van der Waals surface area contributed by atoms with Gasteiger partial charge >= 0.3 is 6.09 Å². The maximum Gasteiger partial charge on any atom is 0.410 e. The van der Waals surface area contributed by atoms with E-state index in [0.717, 1.165) is 40.1 Å². The van der Waals surface area contributed by atoms with Crippen molar-refractivity contribution in [3.05, 3.63) is 51.9 Å². The summed E-state index contributed by atoms with van der Waals surface area (Å²) < 4.78 is 11.3. The van der Waals surface area contributed by atoms with Crippen LogP contribution in [0.5, 0.6) is 0 Å². The fourth-order valence-electron chi connectivity index (χ4n) is 4.59. The zero-order valence-electron chi connectivity index (χ0n) is 20.6. The molecular weight excluding hydrogens is 446 g/mol. The average molecular weight is 478 g/mol. The van der Waals surface area contributed by atoms with E-state index in [9.17, 15) is 9.59 Å². The van der Waals surface area contributed by atoms with Crippen molar-refractivity contribution >= 4 is 22.8 Å². The van der Waals surface area contributed by atoms with Gasteiger partial charge in [0, 0.05) is 35.8 Å². The Bertz CT molecular complexity index is 1330. The lowest BCUT2D eigenvalue weighted by atomic mass is 10.0. The van der Waals surface area contributed by atoms with Crippen LogP contribution < -0.4 is 10.5 Å². The Labute approximate surface area is 204 Å². The summed E-state index contributed by atoms with van der Waals surface area (Å²) in [6.07, 6.45) is 0.326. The molecule has 1 aromatic carbocycles. The smallest absolute Gasteiger partial charge is 0.410 e. The predicted molar refractivity (Wildman–Crippen MR) is 134 cm³/mol. The van der Waals surface area contributed by atoms with E-state index < -0.39 is 5.60 Å². The summed E-state index contributed by atoms with van der Waals surface area (Å²) in [7, 11) is 0. The second-order valence-corrected chi connectivity index (χ2v) is 10.2. The summed E-state index contributed by atoms with van der Waals surface area (Å²) in [6, 6.07) is 9.26. The molecule has 4 heterocycles. The van der Waals surface area contributed by atoms with Crippen molar-refractivity contribution in [2.45, 2.75) is 52.3 Å². The van der Waals surface area contributed by atoms with Gasteiger partial charge in [0.25, 0.3) is 0 Å². The first-order valence-corrected chi connectivity index (χ1v) is 12.0. The molecule has 9 nitrogen and oxygen atoms in total. The number of ether oxygens (including phenoxy) is 2. The number of hydrogen-bond acceptors (Lipinski definition) is 7. The van der Waals surface area contributed by atoms with E-state index >= 15 is 0 Å². The summed E-state index contributed by atoms with van der Waals surface area (Å²) in [5, 5.41) is 0.903. The molecule has 9 heteroatoms. The molecule has 0 radical (unpaired) electrons. The van der Waals surface area contributed by atoms with Gasteiger partial charge < -0.3 is 24.3 Å². The molecule has 3 aromatic rings. The number of nitrogens with one attached hydrogen (secondary N) is 1. The highest BCUT2D eigenvalue weighted by Crippen LogP contribution is 2.32. The Morgan fingerprint density at radius 3 is 2.77 bits per heavy atom. The number of pyridine rings is 1. The van der Waals surface area contributed by atoms with E-state index in [2.05, 4.69) is 16.8 Å². The standard InChI is InChI=1S/C26H31N5O4/c1-16-15-34-12-11-31(16)24-19-9-10-30(25(33)35-26(2,3)4)14-21(19)28-23(29-24)18-5-7-20-17(13-18)6-8-22(32)27-20/h5-8,13,16H,9-12,14-15H2,1-4H3,(H,27,32)/t16-/m0/s1.